The maximum atomic E-state index is 13.7. The summed E-state index contributed by atoms with van der Waals surface area (Å²) in [6.45, 7) is 1.92. The van der Waals surface area contributed by atoms with Crippen molar-refractivity contribution in [3.8, 4) is 5.75 Å². The highest BCUT2D eigenvalue weighted by Crippen LogP contribution is 2.24. The van der Waals surface area contributed by atoms with Crippen LogP contribution in [-0.4, -0.2) is 75.8 Å². The molecule has 1 aliphatic rings. The second-order valence-electron chi connectivity index (χ2n) is 9.80. The molecule has 2 heterocycles. The molecule has 0 bridgehead atoms. The minimum Gasteiger partial charge on any atom is -0.508 e. The molecule has 4 N–H and O–H groups in total. The second-order valence-corrected chi connectivity index (χ2v) is 9.80. The number of benzene rings is 2. The molecule has 10 nitrogen and oxygen atoms in total. The summed E-state index contributed by atoms with van der Waals surface area (Å²) in [6, 6.07) is 17.3. The first-order valence-electron chi connectivity index (χ1n) is 13.1. The average molecular weight is 547 g/mol. The van der Waals surface area contributed by atoms with Crippen molar-refractivity contribution in [2.24, 2.45) is 0 Å². The molecule has 4 unspecified atom stereocenters. The van der Waals surface area contributed by atoms with Crippen LogP contribution in [0.15, 0.2) is 72.9 Å². The third-order valence-corrected chi connectivity index (χ3v) is 7.15. The number of aromatic nitrogens is 1. The predicted molar refractivity (Wildman–Crippen MR) is 147 cm³/mol. The summed E-state index contributed by atoms with van der Waals surface area (Å²) >= 11 is 0. The van der Waals surface area contributed by atoms with Crippen molar-refractivity contribution in [3.63, 3.8) is 0 Å². The fraction of sp³-hybridized carbons (Fsp3) is 0.333. The molecule has 1 saturated heterocycles. The smallest absolute Gasteiger partial charge is 0.254 e. The van der Waals surface area contributed by atoms with Crippen molar-refractivity contribution in [1.29, 1.82) is 0 Å². The number of phenols is 1. The van der Waals surface area contributed by atoms with E-state index in [0.717, 1.165) is 5.56 Å². The maximum Gasteiger partial charge on any atom is 0.254 e. The van der Waals surface area contributed by atoms with E-state index in [-0.39, 0.29) is 49.3 Å². The number of carbonyl (C=O) groups is 3. The topological polar surface area (TPSA) is 141 Å². The normalized spacial score (nSPS) is 18.1. The van der Waals surface area contributed by atoms with E-state index >= 15 is 0 Å². The number of likely N-dealkylation sites (tertiary alicyclic amines) is 1. The Kier molecular flexibility index (Phi) is 9.47. The summed E-state index contributed by atoms with van der Waals surface area (Å²) in [6.07, 6.45) is 0.0164. The highest BCUT2D eigenvalue weighted by atomic mass is 16.5. The number of pyridine rings is 1. The number of aromatic hydroxyl groups is 1. The molecule has 3 aromatic rings. The monoisotopic (exact) mass is 546 g/mol. The highest BCUT2D eigenvalue weighted by molar-refractivity contribution is 5.97. The van der Waals surface area contributed by atoms with Gasteiger partial charge in [-0.05, 0) is 43.2 Å². The fourth-order valence-corrected chi connectivity index (χ4v) is 4.83. The number of aliphatic hydroxyl groups excluding tert-OH is 1. The quantitative estimate of drug-likeness (QED) is 0.304. The van der Waals surface area contributed by atoms with Gasteiger partial charge in [-0.25, -0.2) is 0 Å². The second kappa shape index (κ2) is 13.2. The van der Waals surface area contributed by atoms with E-state index in [1.165, 1.54) is 18.1 Å². The van der Waals surface area contributed by atoms with E-state index in [0.29, 0.717) is 11.3 Å². The lowest BCUT2D eigenvalue weighted by atomic mass is 9.98. The fourth-order valence-electron chi connectivity index (χ4n) is 4.83. The molecule has 4 rings (SSSR count). The first-order valence-corrected chi connectivity index (χ1v) is 13.1. The summed E-state index contributed by atoms with van der Waals surface area (Å²) in [5.41, 5.74) is 2.08. The van der Waals surface area contributed by atoms with Crippen LogP contribution >= 0.6 is 0 Å². The Balaban J connectivity index is 1.54. The van der Waals surface area contributed by atoms with Crippen molar-refractivity contribution >= 4 is 17.7 Å². The van der Waals surface area contributed by atoms with Gasteiger partial charge in [0.1, 0.15) is 11.8 Å². The lowest BCUT2D eigenvalue weighted by Crippen LogP contribution is -2.55. The van der Waals surface area contributed by atoms with Gasteiger partial charge in [0.05, 0.1) is 24.4 Å². The molecule has 1 aromatic heterocycles. The zero-order chi connectivity index (χ0) is 28.6. The molecule has 3 amide bonds. The number of carbonyl (C=O) groups excluding carboxylic acids is 3. The number of nitrogens with zero attached hydrogens (tertiary/aromatic N) is 2. The van der Waals surface area contributed by atoms with Crippen molar-refractivity contribution in [2.75, 3.05) is 13.7 Å². The number of phenolic OH excluding ortho intramolecular Hbond substituents is 1. The molecule has 40 heavy (non-hydrogen) atoms. The largest absolute Gasteiger partial charge is 0.508 e. The van der Waals surface area contributed by atoms with Crippen LogP contribution in [0.4, 0.5) is 0 Å². The zero-order valence-electron chi connectivity index (χ0n) is 22.5. The third-order valence-electron chi connectivity index (χ3n) is 7.15. The number of hydrogen-bond donors (Lipinski definition) is 4. The molecule has 10 heteroatoms. The SMILES string of the molecule is COC1CC(C(=O)NCc2ccccn2)N(C(=O)C(O)C(Cc2ccccc2)NC(=O)c2cccc(O)c2C)C1. The summed E-state index contributed by atoms with van der Waals surface area (Å²) in [5, 5.41) is 27.0. The van der Waals surface area contributed by atoms with Gasteiger partial charge in [0, 0.05) is 37.4 Å². The number of aliphatic hydroxyl groups is 1. The molecular weight excluding hydrogens is 512 g/mol. The van der Waals surface area contributed by atoms with Crippen LogP contribution in [-0.2, 0) is 27.3 Å². The lowest BCUT2D eigenvalue weighted by Gasteiger charge is -2.30. The molecule has 0 spiro atoms. The number of amides is 3. The Morgan fingerprint density at radius 1 is 1.07 bits per heavy atom. The molecule has 2 aromatic carbocycles. The number of nitrogens with one attached hydrogen (secondary N) is 2. The minimum atomic E-state index is -1.65. The van der Waals surface area contributed by atoms with E-state index < -0.39 is 30.0 Å². The Bertz CT molecular complexity index is 1320. The van der Waals surface area contributed by atoms with Gasteiger partial charge < -0.3 is 30.5 Å². The Hall–Kier alpha value is -4.28. The van der Waals surface area contributed by atoms with Gasteiger partial charge in [-0.2, -0.15) is 0 Å². The van der Waals surface area contributed by atoms with E-state index in [4.69, 9.17) is 4.74 Å². The lowest BCUT2D eigenvalue weighted by molar-refractivity contribution is -0.146. The van der Waals surface area contributed by atoms with E-state index in [1.807, 2.05) is 36.4 Å². The van der Waals surface area contributed by atoms with Crippen LogP contribution in [0.1, 0.15) is 33.6 Å². The number of methoxy groups -OCH3 is 1. The zero-order valence-corrected chi connectivity index (χ0v) is 22.5. The van der Waals surface area contributed by atoms with Gasteiger partial charge in [-0.15, -0.1) is 0 Å². The number of ether oxygens (including phenoxy) is 1. The maximum absolute atomic E-state index is 13.7. The summed E-state index contributed by atoms with van der Waals surface area (Å²) in [5.74, 6) is -1.65. The molecule has 4 atom stereocenters. The van der Waals surface area contributed by atoms with Gasteiger partial charge in [0.15, 0.2) is 6.10 Å². The Morgan fingerprint density at radius 2 is 1.82 bits per heavy atom. The van der Waals surface area contributed by atoms with Crippen molar-refractivity contribution < 1.29 is 29.3 Å². The van der Waals surface area contributed by atoms with E-state index in [9.17, 15) is 24.6 Å². The number of hydrogen-bond acceptors (Lipinski definition) is 7. The number of rotatable bonds is 10. The minimum absolute atomic E-state index is 0.0360. The molecule has 210 valence electrons. The standard InChI is InChI=1S/C30H34N4O6/c1-19-23(12-8-13-26(19)35)28(37)33-24(15-20-9-4-3-5-10-20)27(36)30(39)34-18-22(40-2)16-25(34)29(38)32-17-21-11-6-7-14-31-21/h3-14,22,24-25,27,35-36H,15-18H2,1-2H3,(H,32,38)(H,33,37). The third kappa shape index (κ3) is 6.83. The molecule has 1 fully saturated rings. The van der Waals surface area contributed by atoms with Gasteiger partial charge in [0.25, 0.3) is 11.8 Å². The van der Waals surface area contributed by atoms with Crippen LogP contribution in [0.2, 0.25) is 0 Å². The predicted octanol–water partition coefficient (Wildman–Crippen LogP) is 1.73. The van der Waals surface area contributed by atoms with E-state index in [2.05, 4.69) is 15.6 Å². The van der Waals surface area contributed by atoms with E-state index in [1.54, 1.807) is 37.4 Å². The summed E-state index contributed by atoms with van der Waals surface area (Å²) < 4.78 is 5.46. The Morgan fingerprint density at radius 3 is 2.52 bits per heavy atom. The molecule has 0 radical (unpaired) electrons. The van der Waals surface area contributed by atoms with Crippen LogP contribution < -0.4 is 10.6 Å². The molecular formula is C30H34N4O6. The molecule has 0 aliphatic carbocycles. The first-order chi connectivity index (χ1) is 19.3. The van der Waals surface area contributed by atoms with Crippen LogP contribution in [0.25, 0.3) is 0 Å². The summed E-state index contributed by atoms with van der Waals surface area (Å²) in [4.78, 5) is 45.6. The van der Waals surface area contributed by atoms with Gasteiger partial charge >= 0.3 is 0 Å². The molecule has 0 saturated carbocycles. The summed E-state index contributed by atoms with van der Waals surface area (Å²) in [7, 11) is 1.51. The van der Waals surface area contributed by atoms with Crippen LogP contribution in [0.3, 0.4) is 0 Å². The van der Waals surface area contributed by atoms with Crippen molar-refractivity contribution in [1.82, 2.24) is 20.5 Å². The Labute approximate surface area is 233 Å². The van der Waals surface area contributed by atoms with Crippen molar-refractivity contribution in [3.05, 3.63) is 95.3 Å². The van der Waals surface area contributed by atoms with Crippen LogP contribution in [0.5, 0.6) is 5.75 Å². The van der Waals surface area contributed by atoms with Crippen LogP contribution in [0, 0.1) is 6.92 Å². The average Bonchev–Trinajstić information content (AvgIpc) is 3.42. The van der Waals surface area contributed by atoms with Gasteiger partial charge in [0.2, 0.25) is 5.91 Å². The van der Waals surface area contributed by atoms with Gasteiger partial charge in [-0.1, -0.05) is 42.5 Å². The van der Waals surface area contributed by atoms with Crippen molar-refractivity contribution in [2.45, 2.75) is 50.6 Å². The highest BCUT2D eigenvalue weighted by Gasteiger charge is 2.43. The first kappa shape index (κ1) is 28.7. The van der Waals surface area contributed by atoms with Gasteiger partial charge in [-0.3, -0.25) is 19.4 Å². The molecule has 1 aliphatic heterocycles.